The summed E-state index contributed by atoms with van der Waals surface area (Å²) in [5, 5.41) is 0.739. The third-order valence-electron chi connectivity index (χ3n) is 5.93. The number of esters is 1. The Morgan fingerprint density at radius 2 is 2.09 bits per heavy atom. The Morgan fingerprint density at radius 3 is 2.91 bits per heavy atom. The first-order chi connectivity index (χ1) is 15.6. The quantitative estimate of drug-likeness (QED) is 0.585. The number of nitrogens with zero attached hydrogens (tertiary/aromatic N) is 2. The summed E-state index contributed by atoms with van der Waals surface area (Å²) in [7, 11) is 0. The van der Waals surface area contributed by atoms with Crippen LogP contribution in [0.25, 0.3) is 22.6 Å². The smallest absolute Gasteiger partial charge is 0.339 e. The van der Waals surface area contributed by atoms with Gasteiger partial charge in [-0.15, -0.1) is 0 Å². The molecule has 0 bridgehead atoms. The molecule has 1 fully saturated rings. The topological polar surface area (TPSA) is 81.9 Å². The largest absolute Gasteiger partial charge is 0.465 e. The van der Waals surface area contributed by atoms with E-state index in [4.69, 9.17) is 18.9 Å². The molecule has 1 amide bonds. The molecule has 1 aliphatic carbocycles. The molecular formula is C25H24N2O5. The molecule has 1 saturated heterocycles. The van der Waals surface area contributed by atoms with E-state index >= 15 is 0 Å². The number of furan rings is 1. The SMILES string of the molecule is CC1CN(C(=O)COC(=O)c2c3c(nc4ccccc24)/C(=C/c2ccco2)CC3)CCO1. The van der Waals surface area contributed by atoms with Crippen molar-refractivity contribution in [3.05, 3.63) is 65.2 Å². The summed E-state index contributed by atoms with van der Waals surface area (Å²) in [5.41, 5.74) is 3.89. The Hall–Kier alpha value is -3.45. The van der Waals surface area contributed by atoms with E-state index < -0.39 is 5.97 Å². The monoisotopic (exact) mass is 432 g/mol. The Bertz CT molecular complexity index is 1200. The number of amides is 1. The number of para-hydroxylation sites is 1. The van der Waals surface area contributed by atoms with Crippen molar-refractivity contribution in [2.75, 3.05) is 26.3 Å². The lowest BCUT2D eigenvalue weighted by molar-refractivity contribution is -0.141. The highest BCUT2D eigenvalue weighted by atomic mass is 16.5. The number of hydrogen-bond donors (Lipinski definition) is 0. The van der Waals surface area contributed by atoms with E-state index in [0.29, 0.717) is 31.7 Å². The Morgan fingerprint density at radius 1 is 1.22 bits per heavy atom. The summed E-state index contributed by atoms with van der Waals surface area (Å²) in [5.74, 6) is 0.0490. The van der Waals surface area contributed by atoms with Gasteiger partial charge in [0, 0.05) is 18.5 Å². The first-order valence-corrected chi connectivity index (χ1v) is 10.8. The molecule has 3 heterocycles. The fourth-order valence-electron chi connectivity index (χ4n) is 4.39. The molecule has 7 heteroatoms. The van der Waals surface area contributed by atoms with Crippen molar-refractivity contribution in [1.29, 1.82) is 0 Å². The average molecular weight is 432 g/mol. The van der Waals surface area contributed by atoms with Gasteiger partial charge in [-0.2, -0.15) is 0 Å². The van der Waals surface area contributed by atoms with Crippen LogP contribution in [0.4, 0.5) is 0 Å². The van der Waals surface area contributed by atoms with Gasteiger partial charge < -0.3 is 18.8 Å². The zero-order valence-corrected chi connectivity index (χ0v) is 17.9. The van der Waals surface area contributed by atoms with Crippen LogP contribution >= 0.6 is 0 Å². The van der Waals surface area contributed by atoms with Crippen molar-refractivity contribution < 1.29 is 23.5 Å². The van der Waals surface area contributed by atoms with Crippen LogP contribution < -0.4 is 0 Å². The molecule has 1 aromatic carbocycles. The van der Waals surface area contributed by atoms with Crippen molar-refractivity contribution in [3.8, 4) is 0 Å². The van der Waals surface area contributed by atoms with Crippen LogP contribution in [0.3, 0.4) is 0 Å². The van der Waals surface area contributed by atoms with E-state index in [1.165, 1.54) is 0 Å². The van der Waals surface area contributed by atoms with Gasteiger partial charge in [0.1, 0.15) is 5.76 Å². The molecule has 7 nitrogen and oxygen atoms in total. The molecule has 32 heavy (non-hydrogen) atoms. The van der Waals surface area contributed by atoms with Gasteiger partial charge in [0.2, 0.25) is 0 Å². The Balaban J connectivity index is 1.44. The van der Waals surface area contributed by atoms with E-state index in [2.05, 4.69) is 0 Å². The van der Waals surface area contributed by atoms with Crippen LogP contribution in [0.15, 0.2) is 47.1 Å². The highest BCUT2D eigenvalue weighted by Crippen LogP contribution is 2.37. The van der Waals surface area contributed by atoms with Crippen LogP contribution in [-0.4, -0.2) is 54.2 Å². The van der Waals surface area contributed by atoms with E-state index in [1.807, 2.05) is 49.4 Å². The highest BCUT2D eigenvalue weighted by Gasteiger charge is 2.29. The van der Waals surface area contributed by atoms with Crippen LogP contribution in [0.1, 0.15) is 40.7 Å². The van der Waals surface area contributed by atoms with Crippen molar-refractivity contribution >= 4 is 34.4 Å². The first kappa shape index (κ1) is 20.5. The molecule has 5 rings (SSSR count). The number of rotatable bonds is 4. The standard InChI is InChI=1S/C25H24N2O5/c1-16-14-27(10-12-30-16)22(28)15-32-25(29)23-19-6-2-3-7-21(19)26-24-17(8-9-20(23)24)13-18-5-4-11-31-18/h2-7,11,13,16H,8-10,12,14-15H2,1H3/b17-13+. The predicted octanol–water partition coefficient (Wildman–Crippen LogP) is 3.72. The minimum Gasteiger partial charge on any atom is -0.465 e. The van der Waals surface area contributed by atoms with Gasteiger partial charge in [-0.1, -0.05) is 18.2 Å². The lowest BCUT2D eigenvalue weighted by Gasteiger charge is -2.31. The number of aromatic nitrogens is 1. The van der Waals surface area contributed by atoms with Gasteiger partial charge in [-0.3, -0.25) is 4.79 Å². The van der Waals surface area contributed by atoms with Crippen LogP contribution in [0, 0.1) is 0 Å². The van der Waals surface area contributed by atoms with Gasteiger partial charge in [0.25, 0.3) is 5.91 Å². The minimum atomic E-state index is -0.492. The van der Waals surface area contributed by atoms with E-state index in [-0.39, 0.29) is 18.6 Å². The van der Waals surface area contributed by atoms with Crippen LogP contribution in [-0.2, 0) is 20.7 Å². The van der Waals surface area contributed by atoms with Crippen LogP contribution in [0.2, 0.25) is 0 Å². The van der Waals surface area contributed by atoms with Gasteiger partial charge in [-0.25, -0.2) is 9.78 Å². The molecule has 0 saturated carbocycles. The van der Waals surface area contributed by atoms with Crippen molar-refractivity contribution in [2.45, 2.75) is 25.9 Å². The maximum Gasteiger partial charge on any atom is 0.339 e. The fourth-order valence-corrected chi connectivity index (χ4v) is 4.39. The van der Waals surface area contributed by atoms with Crippen molar-refractivity contribution in [2.24, 2.45) is 0 Å². The van der Waals surface area contributed by atoms with Gasteiger partial charge in [-0.05, 0) is 55.2 Å². The summed E-state index contributed by atoms with van der Waals surface area (Å²) in [4.78, 5) is 32.3. The maximum absolute atomic E-state index is 13.2. The number of benzene rings is 1. The molecular weight excluding hydrogens is 408 g/mol. The zero-order valence-electron chi connectivity index (χ0n) is 17.9. The fraction of sp³-hybridized carbons (Fsp3) is 0.320. The molecule has 164 valence electrons. The van der Waals surface area contributed by atoms with Crippen molar-refractivity contribution in [1.82, 2.24) is 9.88 Å². The van der Waals surface area contributed by atoms with Crippen molar-refractivity contribution in [3.63, 3.8) is 0 Å². The molecule has 1 atom stereocenters. The molecule has 1 unspecified atom stereocenters. The summed E-state index contributed by atoms with van der Waals surface area (Å²) >= 11 is 0. The Kier molecular flexibility index (Phi) is 5.49. The molecule has 0 radical (unpaired) electrons. The Labute approximate surface area is 185 Å². The number of fused-ring (bicyclic) bond motifs is 2. The second kappa shape index (κ2) is 8.59. The highest BCUT2D eigenvalue weighted by molar-refractivity contribution is 6.07. The third-order valence-corrected chi connectivity index (χ3v) is 5.93. The molecule has 3 aromatic rings. The summed E-state index contributed by atoms with van der Waals surface area (Å²) < 4.78 is 16.5. The first-order valence-electron chi connectivity index (χ1n) is 10.8. The van der Waals surface area contributed by atoms with Gasteiger partial charge in [0.05, 0.1) is 35.7 Å². The zero-order chi connectivity index (χ0) is 22.1. The molecule has 2 aromatic heterocycles. The second-order valence-electron chi connectivity index (χ2n) is 8.11. The summed E-state index contributed by atoms with van der Waals surface area (Å²) in [6.45, 7) is 3.14. The van der Waals surface area contributed by atoms with E-state index in [9.17, 15) is 9.59 Å². The number of hydrogen-bond acceptors (Lipinski definition) is 6. The van der Waals surface area contributed by atoms with Gasteiger partial charge in [0.15, 0.2) is 6.61 Å². The summed E-state index contributed by atoms with van der Waals surface area (Å²) in [6, 6.07) is 11.3. The normalized spacial score (nSPS) is 19.3. The number of allylic oxidation sites excluding steroid dienone is 1. The lowest BCUT2D eigenvalue weighted by Crippen LogP contribution is -2.46. The molecule has 0 N–H and O–H groups in total. The molecule has 0 spiro atoms. The predicted molar refractivity (Wildman–Crippen MR) is 119 cm³/mol. The van der Waals surface area contributed by atoms with E-state index in [0.717, 1.165) is 39.9 Å². The van der Waals surface area contributed by atoms with Gasteiger partial charge >= 0.3 is 5.97 Å². The third kappa shape index (κ3) is 3.91. The number of ether oxygens (including phenoxy) is 2. The maximum atomic E-state index is 13.2. The van der Waals surface area contributed by atoms with E-state index in [1.54, 1.807) is 11.2 Å². The number of carbonyl (C=O) groups is 2. The molecule has 1 aliphatic heterocycles. The summed E-state index contributed by atoms with van der Waals surface area (Å²) in [6.07, 6.45) is 5.01. The second-order valence-corrected chi connectivity index (χ2v) is 8.11. The lowest BCUT2D eigenvalue weighted by atomic mass is 10.0. The minimum absolute atomic E-state index is 0.0183. The van der Waals surface area contributed by atoms with Crippen LogP contribution in [0.5, 0.6) is 0 Å². The number of pyridine rings is 1. The number of carbonyl (C=O) groups excluding carboxylic acids is 2. The molecule has 2 aliphatic rings. The number of morpholine rings is 1. The average Bonchev–Trinajstić information content (AvgIpc) is 3.46.